The van der Waals surface area contributed by atoms with E-state index in [4.69, 9.17) is 14.5 Å². The van der Waals surface area contributed by atoms with E-state index in [2.05, 4.69) is 0 Å². The summed E-state index contributed by atoms with van der Waals surface area (Å²) in [4.78, 5) is 0. The predicted molar refractivity (Wildman–Crippen MR) is 75.6 cm³/mol. The van der Waals surface area contributed by atoms with Crippen LogP contribution in [0.25, 0.3) is 0 Å². The highest BCUT2D eigenvalue weighted by Gasteiger charge is 1.96. The molecule has 0 atom stereocenters. The fraction of sp³-hybridized carbons (Fsp3) is 0.200. The standard InChI is InChI=1S/C15H16BO3/c17-16-14-6-8-15(9-7-14)19-11-10-18-12-13-4-2-1-3-5-13/h1-9,17H,10-12H2. The second kappa shape index (κ2) is 7.61. The zero-order valence-corrected chi connectivity index (χ0v) is 10.7. The molecule has 2 aromatic carbocycles. The van der Waals surface area contributed by atoms with Crippen molar-refractivity contribution in [2.24, 2.45) is 0 Å². The van der Waals surface area contributed by atoms with Gasteiger partial charge in [-0.05, 0) is 17.7 Å². The number of rotatable bonds is 7. The van der Waals surface area contributed by atoms with Gasteiger partial charge in [-0.15, -0.1) is 0 Å². The molecule has 3 nitrogen and oxygen atoms in total. The summed E-state index contributed by atoms with van der Waals surface area (Å²) in [5.41, 5.74) is 1.91. The van der Waals surface area contributed by atoms with Gasteiger partial charge in [-0.3, -0.25) is 0 Å². The molecule has 2 rings (SSSR count). The van der Waals surface area contributed by atoms with Crippen molar-refractivity contribution in [1.29, 1.82) is 0 Å². The fourth-order valence-corrected chi connectivity index (χ4v) is 1.63. The first-order valence-electron chi connectivity index (χ1n) is 6.20. The molecule has 0 unspecified atom stereocenters. The molecule has 0 amide bonds. The first-order chi connectivity index (χ1) is 9.38. The van der Waals surface area contributed by atoms with E-state index < -0.39 is 0 Å². The average Bonchev–Trinajstić information content (AvgIpc) is 2.49. The lowest BCUT2D eigenvalue weighted by Crippen LogP contribution is -2.12. The zero-order chi connectivity index (χ0) is 13.3. The second-order valence-electron chi connectivity index (χ2n) is 4.08. The number of ether oxygens (including phenoxy) is 2. The average molecular weight is 255 g/mol. The van der Waals surface area contributed by atoms with Crippen LogP contribution in [-0.4, -0.2) is 25.7 Å². The van der Waals surface area contributed by atoms with Gasteiger partial charge in [0.1, 0.15) is 12.4 Å². The van der Waals surface area contributed by atoms with Crippen LogP contribution < -0.4 is 10.2 Å². The van der Waals surface area contributed by atoms with Crippen LogP contribution in [0.1, 0.15) is 5.56 Å². The van der Waals surface area contributed by atoms with E-state index in [1.165, 1.54) is 0 Å². The maximum Gasteiger partial charge on any atom is 0.326 e. The Kier molecular flexibility index (Phi) is 5.47. The molecule has 1 radical (unpaired) electrons. The fourth-order valence-electron chi connectivity index (χ4n) is 1.63. The summed E-state index contributed by atoms with van der Waals surface area (Å²) in [5.74, 6) is 0.772. The summed E-state index contributed by atoms with van der Waals surface area (Å²) in [6, 6.07) is 17.3. The van der Waals surface area contributed by atoms with Crippen molar-refractivity contribution < 1.29 is 14.5 Å². The maximum atomic E-state index is 8.80. The van der Waals surface area contributed by atoms with Gasteiger partial charge in [-0.2, -0.15) is 0 Å². The van der Waals surface area contributed by atoms with Crippen LogP contribution in [0.2, 0.25) is 0 Å². The Bertz CT molecular complexity index is 471. The van der Waals surface area contributed by atoms with Crippen molar-refractivity contribution in [2.75, 3.05) is 13.2 Å². The highest BCUT2D eigenvalue weighted by Crippen LogP contribution is 2.07. The third kappa shape index (κ3) is 4.77. The minimum absolute atomic E-state index is 0.509. The molecule has 19 heavy (non-hydrogen) atoms. The van der Waals surface area contributed by atoms with Gasteiger partial charge < -0.3 is 14.5 Å². The topological polar surface area (TPSA) is 38.7 Å². The van der Waals surface area contributed by atoms with E-state index in [1.54, 1.807) is 12.1 Å². The summed E-state index contributed by atoms with van der Waals surface area (Å²) in [6.45, 7) is 1.65. The van der Waals surface area contributed by atoms with E-state index in [0.717, 1.165) is 24.3 Å². The smallest absolute Gasteiger partial charge is 0.326 e. The lowest BCUT2D eigenvalue weighted by molar-refractivity contribution is 0.0889. The number of benzene rings is 2. The Hall–Kier alpha value is -1.78. The molecule has 0 fully saturated rings. The normalized spacial score (nSPS) is 10.2. The Morgan fingerprint density at radius 1 is 0.895 bits per heavy atom. The molecule has 0 aliphatic heterocycles. The van der Waals surface area contributed by atoms with E-state index >= 15 is 0 Å². The summed E-state index contributed by atoms with van der Waals surface area (Å²) >= 11 is 0. The van der Waals surface area contributed by atoms with Crippen LogP contribution >= 0.6 is 0 Å². The van der Waals surface area contributed by atoms with Crippen LogP contribution in [0.15, 0.2) is 54.6 Å². The van der Waals surface area contributed by atoms with Crippen LogP contribution in [0.4, 0.5) is 0 Å². The quantitative estimate of drug-likeness (QED) is 0.602. The first kappa shape index (κ1) is 13.7. The molecule has 0 saturated carbocycles. The monoisotopic (exact) mass is 255 g/mol. The largest absolute Gasteiger partial charge is 0.491 e. The predicted octanol–water partition coefficient (Wildman–Crippen LogP) is 1.52. The molecule has 97 valence electrons. The van der Waals surface area contributed by atoms with Gasteiger partial charge in [0.05, 0.1) is 13.2 Å². The van der Waals surface area contributed by atoms with Gasteiger partial charge in [0.2, 0.25) is 0 Å². The van der Waals surface area contributed by atoms with Crippen LogP contribution in [0, 0.1) is 0 Å². The van der Waals surface area contributed by atoms with Crippen molar-refractivity contribution in [1.82, 2.24) is 0 Å². The zero-order valence-electron chi connectivity index (χ0n) is 10.7. The van der Waals surface area contributed by atoms with Crippen molar-refractivity contribution in [3.05, 3.63) is 60.2 Å². The van der Waals surface area contributed by atoms with Crippen molar-refractivity contribution in [2.45, 2.75) is 6.61 Å². The lowest BCUT2D eigenvalue weighted by Gasteiger charge is -2.07. The third-order valence-electron chi connectivity index (χ3n) is 2.64. The molecule has 0 aromatic heterocycles. The maximum absolute atomic E-state index is 8.80. The number of hydrogen-bond donors (Lipinski definition) is 1. The van der Waals surface area contributed by atoms with Crippen molar-refractivity contribution in [3.63, 3.8) is 0 Å². The molecule has 0 aliphatic rings. The van der Waals surface area contributed by atoms with E-state index in [-0.39, 0.29) is 0 Å². The molecule has 0 saturated heterocycles. The highest BCUT2D eigenvalue weighted by molar-refractivity contribution is 6.45. The van der Waals surface area contributed by atoms with Gasteiger partial charge in [0, 0.05) is 0 Å². The molecular formula is C15H16BO3. The van der Waals surface area contributed by atoms with Crippen molar-refractivity contribution >= 4 is 12.9 Å². The molecule has 4 heteroatoms. The van der Waals surface area contributed by atoms with Crippen LogP contribution in [-0.2, 0) is 11.3 Å². The summed E-state index contributed by atoms with van der Waals surface area (Å²) in [7, 11) is 1.06. The number of hydrogen-bond acceptors (Lipinski definition) is 3. The minimum Gasteiger partial charge on any atom is -0.491 e. The molecule has 1 N–H and O–H groups in total. The second-order valence-corrected chi connectivity index (χ2v) is 4.08. The Morgan fingerprint density at radius 3 is 2.32 bits per heavy atom. The SMILES string of the molecule is O[B]c1ccc(OCCOCc2ccccc2)cc1. The van der Waals surface area contributed by atoms with Gasteiger partial charge in [0.15, 0.2) is 0 Å². The highest BCUT2D eigenvalue weighted by atomic mass is 16.5. The third-order valence-corrected chi connectivity index (χ3v) is 2.64. The van der Waals surface area contributed by atoms with Crippen LogP contribution in [0.5, 0.6) is 5.75 Å². The molecule has 2 aromatic rings. The molecule has 0 aliphatic carbocycles. The lowest BCUT2D eigenvalue weighted by atomic mass is 9.89. The minimum atomic E-state index is 0.509. The summed E-state index contributed by atoms with van der Waals surface area (Å²) in [5, 5.41) is 8.80. The van der Waals surface area contributed by atoms with Gasteiger partial charge in [0.25, 0.3) is 0 Å². The Morgan fingerprint density at radius 2 is 1.63 bits per heavy atom. The van der Waals surface area contributed by atoms with E-state index in [0.29, 0.717) is 19.8 Å². The Balaban J connectivity index is 1.63. The summed E-state index contributed by atoms with van der Waals surface area (Å²) in [6.07, 6.45) is 0. The van der Waals surface area contributed by atoms with E-state index in [9.17, 15) is 0 Å². The van der Waals surface area contributed by atoms with Gasteiger partial charge >= 0.3 is 7.48 Å². The van der Waals surface area contributed by atoms with Gasteiger partial charge in [-0.1, -0.05) is 47.9 Å². The molecular weight excluding hydrogens is 239 g/mol. The van der Waals surface area contributed by atoms with Gasteiger partial charge in [-0.25, -0.2) is 0 Å². The first-order valence-corrected chi connectivity index (χ1v) is 6.20. The molecule has 0 spiro atoms. The summed E-state index contributed by atoms with van der Waals surface area (Å²) < 4.78 is 11.0. The molecule has 0 heterocycles. The molecule has 0 bridgehead atoms. The van der Waals surface area contributed by atoms with Crippen molar-refractivity contribution in [3.8, 4) is 5.75 Å². The van der Waals surface area contributed by atoms with Crippen LogP contribution in [0.3, 0.4) is 0 Å². The van der Waals surface area contributed by atoms with E-state index in [1.807, 2.05) is 42.5 Å². The Labute approximate surface area is 114 Å².